The molecule has 0 rings (SSSR count). The molecule has 4 nitrogen and oxygen atoms in total. The second-order valence-corrected chi connectivity index (χ2v) is 7.12. The molecule has 0 radical (unpaired) electrons. The highest BCUT2D eigenvalue weighted by Crippen LogP contribution is 2.19. The van der Waals surface area contributed by atoms with Gasteiger partial charge in [0.2, 0.25) is 0 Å². The molecule has 0 bridgehead atoms. The van der Waals surface area contributed by atoms with Gasteiger partial charge in [-0.25, -0.2) is 8.93 Å². The summed E-state index contributed by atoms with van der Waals surface area (Å²) in [4.78, 5) is 11.3. The minimum absolute atomic E-state index is 0.224. The lowest BCUT2D eigenvalue weighted by Crippen LogP contribution is -2.49. The van der Waals surface area contributed by atoms with Crippen LogP contribution in [0.2, 0.25) is 0 Å². The molecular weight excluding hydrogens is 226 g/mol. The molecule has 0 saturated heterocycles. The van der Waals surface area contributed by atoms with Crippen LogP contribution in [0.5, 0.6) is 0 Å². The first kappa shape index (κ1) is 15.6. The second kappa shape index (κ2) is 5.77. The maximum absolute atomic E-state index is 12.0. The third-order valence-electron chi connectivity index (χ3n) is 2.44. The summed E-state index contributed by atoms with van der Waals surface area (Å²) in [6.45, 7) is 9.52. The van der Waals surface area contributed by atoms with Crippen molar-refractivity contribution >= 4 is 17.0 Å². The van der Waals surface area contributed by atoms with Crippen LogP contribution in [0.1, 0.15) is 47.5 Å². The summed E-state index contributed by atoms with van der Waals surface area (Å²) in [5, 5.41) is 0. The molecule has 0 saturated carbocycles. The van der Waals surface area contributed by atoms with Gasteiger partial charge in [-0.2, -0.15) is 0 Å². The Morgan fingerprint density at radius 2 is 1.81 bits per heavy atom. The summed E-state index contributed by atoms with van der Waals surface area (Å²) >= 11 is 0. The van der Waals surface area contributed by atoms with Gasteiger partial charge in [0, 0.05) is 5.54 Å². The number of hydrogen-bond acceptors (Lipinski definition) is 3. The SMILES string of the molecule is CC[C@](C)(CC(=O)OC)N[S@](=O)C(C)(C)C. The van der Waals surface area contributed by atoms with Crippen molar-refractivity contribution in [2.45, 2.75) is 57.7 Å². The zero-order chi connectivity index (χ0) is 13.0. The molecule has 0 aliphatic carbocycles. The van der Waals surface area contributed by atoms with Crippen LogP contribution < -0.4 is 4.72 Å². The number of ether oxygens (including phenoxy) is 1. The third-order valence-corrected chi connectivity index (χ3v) is 4.23. The Morgan fingerprint density at radius 1 is 1.31 bits per heavy atom. The lowest BCUT2D eigenvalue weighted by Gasteiger charge is -2.31. The summed E-state index contributed by atoms with van der Waals surface area (Å²) in [5.41, 5.74) is -0.481. The van der Waals surface area contributed by atoms with Crippen molar-refractivity contribution in [3.63, 3.8) is 0 Å². The number of carbonyl (C=O) groups excluding carboxylic acids is 1. The highest BCUT2D eigenvalue weighted by molar-refractivity contribution is 7.84. The van der Waals surface area contributed by atoms with Gasteiger partial charge in [-0.1, -0.05) is 6.92 Å². The second-order valence-electron chi connectivity index (χ2n) is 5.15. The summed E-state index contributed by atoms with van der Waals surface area (Å²) in [6, 6.07) is 0. The minimum atomic E-state index is -1.18. The quantitative estimate of drug-likeness (QED) is 0.756. The molecular formula is C11H23NO3S. The van der Waals surface area contributed by atoms with Gasteiger partial charge in [0.1, 0.15) is 0 Å². The van der Waals surface area contributed by atoms with Crippen LogP contribution in [0.25, 0.3) is 0 Å². The van der Waals surface area contributed by atoms with Crippen LogP contribution in [-0.4, -0.2) is 27.6 Å². The molecule has 0 aliphatic heterocycles. The van der Waals surface area contributed by atoms with E-state index in [9.17, 15) is 9.00 Å². The van der Waals surface area contributed by atoms with Gasteiger partial charge in [0.05, 0.1) is 29.3 Å². The molecule has 2 atom stereocenters. The molecule has 5 heteroatoms. The third kappa shape index (κ3) is 5.07. The van der Waals surface area contributed by atoms with E-state index in [2.05, 4.69) is 9.46 Å². The van der Waals surface area contributed by atoms with Crippen molar-refractivity contribution in [2.75, 3.05) is 7.11 Å². The molecule has 96 valence electrons. The van der Waals surface area contributed by atoms with Gasteiger partial charge >= 0.3 is 5.97 Å². The van der Waals surface area contributed by atoms with Crippen molar-refractivity contribution in [3.05, 3.63) is 0 Å². The van der Waals surface area contributed by atoms with Crippen molar-refractivity contribution in [3.8, 4) is 0 Å². The molecule has 0 unspecified atom stereocenters. The maximum atomic E-state index is 12.0. The van der Waals surface area contributed by atoms with E-state index in [4.69, 9.17) is 0 Å². The lowest BCUT2D eigenvalue weighted by atomic mass is 9.96. The summed E-state index contributed by atoms with van der Waals surface area (Å²) < 4.78 is 19.3. The molecule has 0 fully saturated rings. The Kier molecular flexibility index (Phi) is 5.62. The first-order chi connectivity index (χ1) is 7.14. The van der Waals surface area contributed by atoms with Crippen molar-refractivity contribution in [1.82, 2.24) is 4.72 Å². The summed E-state index contributed by atoms with van der Waals surface area (Å²) in [5.74, 6) is -0.289. The molecule has 1 N–H and O–H groups in total. The predicted molar refractivity (Wildman–Crippen MR) is 66.4 cm³/mol. The smallest absolute Gasteiger partial charge is 0.307 e. The highest BCUT2D eigenvalue weighted by Gasteiger charge is 2.31. The topological polar surface area (TPSA) is 55.4 Å². The molecule has 0 amide bonds. The number of methoxy groups -OCH3 is 1. The van der Waals surface area contributed by atoms with E-state index >= 15 is 0 Å². The number of nitrogens with one attached hydrogen (secondary N) is 1. The molecule has 0 spiro atoms. The molecule has 0 heterocycles. The number of esters is 1. The van der Waals surface area contributed by atoms with Crippen molar-refractivity contribution in [2.24, 2.45) is 0 Å². The van der Waals surface area contributed by atoms with Crippen LogP contribution in [0.15, 0.2) is 0 Å². The van der Waals surface area contributed by atoms with Crippen molar-refractivity contribution in [1.29, 1.82) is 0 Å². The Bertz CT molecular complexity index is 273. The Hall–Kier alpha value is -0.420. The highest BCUT2D eigenvalue weighted by atomic mass is 32.2. The van der Waals surface area contributed by atoms with Crippen molar-refractivity contribution < 1.29 is 13.7 Å². The standard InChI is InChI=1S/C11H23NO3S/c1-7-11(5,8-9(13)15-6)12-16(14)10(2,3)4/h12H,7-8H2,1-6H3/t11-,16-/m1/s1. The van der Waals surface area contributed by atoms with Crippen LogP contribution >= 0.6 is 0 Å². The molecule has 0 aromatic carbocycles. The van der Waals surface area contributed by atoms with Gasteiger partial charge in [-0.05, 0) is 34.1 Å². The van der Waals surface area contributed by atoms with Gasteiger partial charge in [0.15, 0.2) is 0 Å². The predicted octanol–water partition coefficient (Wildman–Crippen LogP) is 1.77. The van der Waals surface area contributed by atoms with Crippen LogP contribution in [0, 0.1) is 0 Å². The largest absolute Gasteiger partial charge is 0.469 e. The van der Waals surface area contributed by atoms with E-state index in [0.717, 1.165) is 0 Å². The first-order valence-corrected chi connectivity index (χ1v) is 6.56. The van der Waals surface area contributed by atoms with Crippen LogP contribution in [0.3, 0.4) is 0 Å². The molecule has 0 aliphatic rings. The minimum Gasteiger partial charge on any atom is -0.469 e. The van der Waals surface area contributed by atoms with Gasteiger partial charge in [0.25, 0.3) is 0 Å². The number of rotatable bonds is 5. The van der Waals surface area contributed by atoms with E-state index in [1.165, 1.54) is 7.11 Å². The normalized spacial score (nSPS) is 17.6. The fourth-order valence-electron chi connectivity index (χ4n) is 1.00. The lowest BCUT2D eigenvalue weighted by molar-refractivity contribution is -0.142. The zero-order valence-electron chi connectivity index (χ0n) is 11.0. The molecule has 0 aromatic heterocycles. The molecule has 0 aromatic rings. The fraction of sp³-hybridized carbons (Fsp3) is 0.909. The van der Waals surface area contributed by atoms with E-state index in [0.29, 0.717) is 6.42 Å². The van der Waals surface area contributed by atoms with Gasteiger partial charge in [-0.15, -0.1) is 0 Å². The Morgan fingerprint density at radius 3 is 2.12 bits per heavy atom. The van der Waals surface area contributed by atoms with Crippen LogP contribution in [0.4, 0.5) is 0 Å². The Balaban J connectivity index is 4.61. The van der Waals surface area contributed by atoms with E-state index in [-0.39, 0.29) is 17.1 Å². The maximum Gasteiger partial charge on any atom is 0.307 e. The number of hydrogen-bond donors (Lipinski definition) is 1. The summed E-state index contributed by atoms with van der Waals surface area (Å²) in [6.07, 6.45) is 0.936. The zero-order valence-corrected chi connectivity index (χ0v) is 11.9. The average molecular weight is 249 g/mol. The molecule has 16 heavy (non-hydrogen) atoms. The number of carbonyl (C=O) groups is 1. The first-order valence-electron chi connectivity index (χ1n) is 5.41. The van der Waals surface area contributed by atoms with Gasteiger partial charge in [-0.3, -0.25) is 4.79 Å². The fourth-order valence-corrected chi connectivity index (χ4v) is 1.97. The monoisotopic (exact) mass is 249 g/mol. The van der Waals surface area contributed by atoms with E-state index in [1.807, 2.05) is 34.6 Å². The Labute approximate surface area is 101 Å². The van der Waals surface area contributed by atoms with E-state index in [1.54, 1.807) is 0 Å². The average Bonchev–Trinajstić information content (AvgIpc) is 2.16. The van der Waals surface area contributed by atoms with E-state index < -0.39 is 16.5 Å². The van der Waals surface area contributed by atoms with Gasteiger partial charge < -0.3 is 4.74 Å². The summed E-state index contributed by atoms with van der Waals surface area (Å²) in [7, 11) is 0.177. The van der Waals surface area contributed by atoms with Crippen LogP contribution in [-0.2, 0) is 20.5 Å².